The number of aromatic hydroxyl groups is 1. The zero-order valence-electron chi connectivity index (χ0n) is 22.5. The Morgan fingerprint density at radius 1 is 0.925 bits per heavy atom. The number of likely N-dealkylation sites (N-methyl/N-ethyl adjacent to an activating group) is 2. The second kappa shape index (κ2) is 14.2. The van der Waals surface area contributed by atoms with Crippen molar-refractivity contribution in [2.75, 3.05) is 32.1 Å². The lowest BCUT2D eigenvalue weighted by atomic mass is 10.1. The van der Waals surface area contributed by atoms with Gasteiger partial charge >= 0.3 is 0 Å². The number of carbonyl (C=O) groups excluding carboxylic acids is 1. The summed E-state index contributed by atoms with van der Waals surface area (Å²) in [5.74, 6) is 6.85. The summed E-state index contributed by atoms with van der Waals surface area (Å²) in [6.45, 7) is 1.14. The summed E-state index contributed by atoms with van der Waals surface area (Å²) in [6, 6.07) is 26.2. The van der Waals surface area contributed by atoms with Gasteiger partial charge in [0.2, 0.25) is 0 Å². The van der Waals surface area contributed by atoms with E-state index in [1.54, 1.807) is 54.7 Å². The molecule has 0 saturated carbocycles. The van der Waals surface area contributed by atoms with Crippen molar-refractivity contribution in [3.05, 3.63) is 125 Å². The SMILES string of the molecule is CN(CCN(C)c1ccc(C(O)NSCc2ccccc2)cc1)C(=O)c1cncc(C#Cc2ccc(O)cc2)c1. The van der Waals surface area contributed by atoms with Crippen LogP contribution in [0.3, 0.4) is 0 Å². The van der Waals surface area contributed by atoms with Crippen LogP contribution in [0, 0.1) is 11.8 Å². The normalized spacial score (nSPS) is 11.3. The van der Waals surface area contributed by atoms with Crippen LogP contribution >= 0.6 is 11.9 Å². The van der Waals surface area contributed by atoms with Crippen LogP contribution in [0.25, 0.3) is 0 Å². The Labute approximate surface area is 239 Å². The van der Waals surface area contributed by atoms with E-state index in [0.717, 1.165) is 22.6 Å². The summed E-state index contributed by atoms with van der Waals surface area (Å²) in [5.41, 5.74) is 4.83. The van der Waals surface area contributed by atoms with Crippen molar-refractivity contribution in [1.29, 1.82) is 0 Å². The van der Waals surface area contributed by atoms with Gasteiger partial charge in [0.15, 0.2) is 0 Å². The Bertz CT molecular complexity index is 1450. The molecule has 1 aromatic heterocycles. The number of hydrogen-bond donors (Lipinski definition) is 3. The molecule has 0 aliphatic carbocycles. The van der Waals surface area contributed by atoms with Gasteiger partial charge in [-0.1, -0.05) is 66.3 Å². The van der Waals surface area contributed by atoms with Crippen molar-refractivity contribution in [3.8, 4) is 17.6 Å². The van der Waals surface area contributed by atoms with Crippen LogP contribution in [-0.2, 0) is 5.75 Å². The van der Waals surface area contributed by atoms with Gasteiger partial charge < -0.3 is 20.0 Å². The molecule has 40 heavy (non-hydrogen) atoms. The summed E-state index contributed by atoms with van der Waals surface area (Å²) < 4.78 is 3.08. The first-order valence-electron chi connectivity index (χ1n) is 12.8. The molecule has 7 nitrogen and oxygen atoms in total. The van der Waals surface area contributed by atoms with E-state index in [0.29, 0.717) is 24.2 Å². The predicted octanol–water partition coefficient (Wildman–Crippen LogP) is 4.82. The van der Waals surface area contributed by atoms with E-state index in [4.69, 9.17) is 0 Å². The summed E-state index contributed by atoms with van der Waals surface area (Å²) >= 11 is 1.47. The van der Waals surface area contributed by atoms with Crippen LogP contribution < -0.4 is 9.62 Å². The number of nitrogens with one attached hydrogen (secondary N) is 1. The highest BCUT2D eigenvalue weighted by Gasteiger charge is 2.14. The molecule has 8 heteroatoms. The molecular weight excluding hydrogens is 520 g/mol. The molecule has 0 aliphatic heterocycles. The van der Waals surface area contributed by atoms with Crippen molar-refractivity contribution in [3.63, 3.8) is 0 Å². The smallest absolute Gasteiger partial charge is 0.255 e. The minimum atomic E-state index is -0.771. The number of carbonyl (C=O) groups is 1. The van der Waals surface area contributed by atoms with Gasteiger partial charge in [0.25, 0.3) is 5.91 Å². The van der Waals surface area contributed by atoms with E-state index in [1.165, 1.54) is 17.5 Å². The van der Waals surface area contributed by atoms with Crippen molar-refractivity contribution >= 4 is 23.5 Å². The Morgan fingerprint density at radius 2 is 1.62 bits per heavy atom. The Hall–Kier alpha value is -4.29. The maximum atomic E-state index is 13.0. The molecule has 1 heterocycles. The fourth-order valence-electron chi connectivity index (χ4n) is 3.82. The summed E-state index contributed by atoms with van der Waals surface area (Å²) in [7, 11) is 3.74. The summed E-state index contributed by atoms with van der Waals surface area (Å²) in [4.78, 5) is 20.9. The molecule has 0 saturated heterocycles. The van der Waals surface area contributed by atoms with Crippen LogP contribution in [0.1, 0.15) is 38.8 Å². The molecule has 4 aromatic rings. The van der Waals surface area contributed by atoms with Crippen LogP contribution in [0.4, 0.5) is 5.69 Å². The van der Waals surface area contributed by atoms with E-state index in [9.17, 15) is 15.0 Å². The number of aromatic nitrogens is 1. The maximum absolute atomic E-state index is 13.0. The zero-order valence-corrected chi connectivity index (χ0v) is 23.3. The highest BCUT2D eigenvalue weighted by molar-refractivity contribution is 7.96. The molecule has 1 atom stereocenters. The lowest BCUT2D eigenvalue weighted by molar-refractivity contribution is 0.0798. The molecule has 0 fully saturated rings. The average Bonchev–Trinajstić information content (AvgIpc) is 2.99. The first kappa shape index (κ1) is 28.7. The average molecular weight is 553 g/mol. The Kier molecular flexibility index (Phi) is 10.2. The number of aliphatic hydroxyl groups is 1. The van der Waals surface area contributed by atoms with E-state index in [2.05, 4.69) is 38.6 Å². The van der Waals surface area contributed by atoms with E-state index >= 15 is 0 Å². The number of benzene rings is 3. The third kappa shape index (κ3) is 8.35. The number of phenols is 1. The number of phenolic OH excluding ortho intramolecular Hbond substituents is 1. The van der Waals surface area contributed by atoms with Crippen molar-refractivity contribution in [2.45, 2.75) is 12.0 Å². The van der Waals surface area contributed by atoms with Crippen LogP contribution in [-0.4, -0.2) is 53.2 Å². The zero-order chi connectivity index (χ0) is 28.3. The molecule has 1 amide bonds. The van der Waals surface area contributed by atoms with E-state index in [1.807, 2.05) is 49.5 Å². The van der Waals surface area contributed by atoms with Crippen molar-refractivity contribution in [1.82, 2.24) is 14.6 Å². The number of nitrogens with zero attached hydrogens (tertiary/aromatic N) is 3. The molecule has 204 valence electrons. The predicted molar refractivity (Wildman–Crippen MR) is 161 cm³/mol. The second-order valence-corrected chi connectivity index (χ2v) is 10.1. The number of anilines is 1. The van der Waals surface area contributed by atoms with Gasteiger partial charge in [-0.3, -0.25) is 9.78 Å². The first-order valence-corrected chi connectivity index (χ1v) is 13.8. The summed E-state index contributed by atoms with van der Waals surface area (Å²) in [5, 5.41) is 19.9. The van der Waals surface area contributed by atoms with Crippen LogP contribution in [0.5, 0.6) is 5.75 Å². The molecule has 0 aliphatic rings. The van der Waals surface area contributed by atoms with Gasteiger partial charge in [-0.25, -0.2) is 4.72 Å². The Balaban J connectivity index is 1.26. The third-order valence-electron chi connectivity index (χ3n) is 6.25. The molecule has 0 spiro atoms. The van der Waals surface area contributed by atoms with Crippen molar-refractivity contribution < 1.29 is 15.0 Å². The van der Waals surface area contributed by atoms with Gasteiger partial charge in [-0.2, -0.15) is 0 Å². The molecule has 0 radical (unpaired) electrons. The minimum Gasteiger partial charge on any atom is -0.508 e. The number of hydrogen-bond acceptors (Lipinski definition) is 7. The van der Waals surface area contributed by atoms with Gasteiger partial charge in [0.05, 0.1) is 5.56 Å². The third-order valence-corrected chi connectivity index (χ3v) is 7.12. The number of pyridine rings is 1. The summed E-state index contributed by atoms with van der Waals surface area (Å²) in [6.07, 6.45) is 2.40. The molecule has 4 rings (SSSR count). The monoisotopic (exact) mass is 552 g/mol. The lowest BCUT2D eigenvalue weighted by Gasteiger charge is -2.24. The van der Waals surface area contributed by atoms with Gasteiger partial charge in [-0.05, 0) is 53.6 Å². The van der Waals surface area contributed by atoms with Crippen LogP contribution in [0.15, 0.2) is 97.3 Å². The fourth-order valence-corrected chi connectivity index (χ4v) is 4.56. The van der Waals surface area contributed by atoms with Gasteiger partial charge in [0, 0.05) is 62.1 Å². The highest BCUT2D eigenvalue weighted by atomic mass is 32.2. The molecular formula is C32H32N4O3S. The molecule has 1 unspecified atom stereocenters. The van der Waals surface area contributed by atoms with E-state index < -0.39 is 6.23 Å². The second-order valence-electron chi connectivity index (χ2n) is 9.29. The van der Waals surface area contributed by atoms with Gasteiger partial charge in [0.1, 0.15) is 12.0 Å². The topological polar surface area (TPSA) is 88.9 Å². The minimum absolute atomic E-state index is 0.133. The number of aliphatic hydroxyl groups excluding tert-OH is 1. The van der Waals surface area contributed by atoms with Gasteiger partial charge in [-0.15, -0.1) is 0 Å². The number of amides is 1. The lowest BCUT2D eigenvalue weighted by Crippen LogP contribution is -2.34. The van der Waals surface area contributed by atoms with E-state index in [-0.39, 0.29) is 11.7 Å². The first-order chi connectivity index (χ1) is 19.4. The van der Waals surface area contributed by atoms with Crippen LogP contribution in [0.2, 0.25) is 0 Å². The molecule has 0 bridgehead atoms. The number of rotatable bonds is 10. The molecule has 3 N–H and O–H groups in total. The Morgan fingerprint density at radius 3 is 2.35 bits per heavy atom. The standard InChI is InChI=1S/C32H32N4O3S/c1-35(29-14-12-27(13-15-29)31(38)34-40-23-25-6-4-3-5-7-25)18-19-36(2)32(39)28-20-26(21-33-22-28)9-8-24-10-16-30(37)17-11-24/h3-7,10-17,20-22,31,34,37-38H,18-19,23H2,1-2H3. The fraction of sp³-hybridized carbons (Fsp3) is 0.188. The maximum Gasteiger partial charge on any atom is 0.255 e. The largest absolute Gasteiger partial charge is 0.508 e. The quantitative estimate of drug-likeness (QED) is 0.148. The molecule has 3 aromatic carbocycles. The highest BCUT2D eigenvalue weighted by Crippen LogP contribution is 2.20. The van der Waals surface area contributed by atoms with Crippen molar-refractivity contribution in [2.24, 2.45) is 0 Å².